The zero-order valence-electron chi connectivity index (χ0n) is 9.68. The summed E-state index contributed by atoms with van der Waals surface area (Å²) in [5, 5.41) is 4.39. The van der Waals surface area contributed by atoms with Gasteiger partial charge in [-0.05, 0) is 24.5 Å². The van der Waals surface area contributed by atoms with E-state index in [9.17, 15) is 18.0 Å². The van der Waals surface area contributed by atoms with Crippen molar-refractivity contribution in [3.63, 3.8) is 0 Å². The zero-order valence-corrected chi connectivity index (χ0v) is 12.1. The molecule has 19 heavy (non-hydrogen) atoms. The second-order valence-corrected chi connectivity index (χ2v) is 6.22. The Morgan fingerprint density at radius 1 is 1.42 bits per heavy atom. The lowest BCUT2D eigenvalue weighted by Crippen LogP contribution is -2.28. The molecule has 0 aliphatic rings. The summed E-state index contributed by atoms with van der Waals surface area (Å²) >= 11 is 5.47. The maximum atomic E-state index is 12.6. The Bertz CT molecular complexity index is 457. The Morgan fingerprint density at radius 3 is 2.68 bits per heavy atom. The summed E-state index contributed by atoms with van der Waals surface area (Å²) in [6.45, 7) is 0. The Morgan fingerprint density at radius 2 is 2.11 bits per heavy atom. The minimum Gasteiger partial charge on any atom is -0.328 e. The van der Waals surface area contributed by atoms with Crippen molar-refractivity contribution in [2.24, 2.45) is 0 Å². The van der Waals surface area contributed by atoms with Gasteiger partial charge in [0.1, 0.15) is 0 Å². The number of urea groups is 1. The summed E-state index contributed by atoms with van der Waals surface area (Å²) in [6.07, 6.45) is -2.71. The molecule has 9 heteroatoms. The predicted octanol–water partition coefficient (Wildman–Crippen LogP) is 4.45. The number of hydrogen-bond acceptors (Lipinski definition) is 3. The molecule has 0 radical (unpaired) electrons. The first-order valence-corrected chi connectivity index (χ1v) is 8.02. The van der Waals surface area contributed by atoms with Gasteiger partial charge >= 0.3 is 12.2 Å². The fourth-order valence-corrected chi connectivity index (χ4v) is 2.21. The van der Waals surface area contributed by atoms with Crippen molar-refractivity contribution in [3.05, 3.63) is 28.8 Å². The van der Waals surface area contributed by atoms with Crippen molar-refractivity contribution in [2.75, 3.05) is 17.4 Å². The van der Waals surface area contributed by atoms with Crippen LogP contribution in [0.15, 0.2) is 18.2 Å². The van der Waals surface area contributed by atoms with Crippen molar-refractivity contribution in [3.8, 4) is 0 Å². The van der Waals surface area contributed by atoms with Gasteiger partial charge in [-0.1, -0.05) is 33.2 Å². The topological polar surface area (TPSA) is 41.1 Å². The number of nitrogens with one attached hydrogen (secondary N) is 2. The Labute approximate surface area is 121 Å². The second-order valence-electron chi connectivity index (χ2n) is 3.25. The Kier molecular flexibility index (Phi) is 6.15. The quantitative estimate of drug-likeness (QED) is 0.487. The van der Waals surface area contributed by atoms with Gasteiger partial charge in [0.05, 0.1) is 16.5 Å². The number of carbonyl (C=O) groups excluding carboxylic acids is 1. The molecule has 1 aromatic rings. The molecule has 0 heterocycles. The first kappa shape index (κ1) is 16.3. The van der Waals surface area contributed by atoms with Crippen LogP contribution in [-0.2, 0) is 6.18 Å². The summed E-state index contributed by atoms with van der Waals surface area (Å²) < 4.78 is 37.8. The lowest BCUT2D eigenvalue weighted by Gasteiger charge is -2.12. The average molecular weight is 331 g/mol. The molecule has 0 unspecified atom stereocenters. The van der Waals surface area contributed by atoms with Crippen LogP contribution in [0.3, 0.4) is 0 Å². The summed E-state index contributed by atoms with van der Waals surface area (Å²) in [5.41, 5.74) is -0.950. The van der Waals surface area contributed by atoms with E-state index in [1.165, 1.54) is 27.7 Å². The first-order chi connectivity index (χ1) is 8.84. The number of benzene rings is 1. The van der Waals surface area contributed by atoms with E-state index in [2.05, 4.69) is 10.6 Å². The molecule has 0 saturated heterocycles. The molecule has 0 atom stereocenters. The number of anilines is 1. The maximum Gasteiger partial charge on any atom is 0.417 e. The van der Waals surface area contributed by atoms with Crippen molar-refractivity contribution < 1.29 is 18.0 Å². The van der Waals surface area contributed by atoms with E-state index < -0.39 is 22.8 Å². The highest BCUT2D eigenvalue weighted by Gasteiger charge is 2.33. The number of hydrogen-bond donors (Lipinski definition) is 2. The van der Waals surface area contributed by atoms with E-state index in [0.29, 0.717) is 5.88 Å². The van der Waals surface area contributed by atoms with Crippen LogP contribution in [-0.4, -0.2) is 18.2 Å². The fourth-order valence-electron chi connectivity index (χ4n) is 1.15. The lowest BCUT2D eigenvalue weighted by atomic mass is 10.2. The molecule has 0 bridgehead atoms. The van der Waals surface area contributed by atoms with E-state index in [1.807, 2.05) is 6.26 Å². The number of halogens is 4. The highest BCUT2D eigenvalue weighted by molar-refractivity contribution is 8.76. The molecule has 2 amide bonds. The SMILES string of the molecule is CSSCNC(=O)Nc1ccc(Cl)c(C(F)(F)F)c1. The minimum atomic E-state index is -4.56. The molecular weight excluding hydrogens is 321 g/mol. The zero-order chi connectivity index (χ0) is 14.5. The highest BCUT2D eigenvalue weighted by Crippen LogP contribution is 2.36. The Hall–Kier alpha value is -0.730. The van der Waals surface area contributed by atoms with Crippen molar-refractivity contribution >= 4 is 44.9 Å². The molecule has 0 aliphatic heterocycles. The molecule has 106 valence electrons. The minimum absolute atomic E-state index is 0.0309. The van der Waals surface area contributed by atoms with Crippen LogP contribution >= 0.6 is 33.2 Å². The van der Waals surface area contributed by atoms with Gasteiger partial charge in [-0.2, -0.15) is 13.2 Å². The average Bonchev–Trinajstić information content (AvgIpc) is 2.30. The summed E-state index contributed by atoms with van der Waals surface area (Å²) in [5.74, 6) is 0.354. The second kappa shape index (κ2) is 7.16. The van der Waals surface area contributed by atoms with E-state index >= 15 is 0 Å². The smallest absolute Gasteiger partial charge is 0.328 e. The van der Waals surface area contributed by atoms with Crippen LogP contribution in [0.4, 0.5) is 23.7 Å². The number of amides is 2. The molecule has 1 rings (SSSR count). The van der Waals surface area contributed by atoms with Gasteiger partial charge < -0.3 is 10.6 Å². The molecule has 3 nitrogen and oxygen atoms in total. The number of carbonyl (C=O) groups is 1. The highest BCUT2D eigenvalue weighted by atomic mass is 35.5. The van der Waals surface area contributed by atoms with E-state index in [1.54, 1.807) is 0 Å². The summed E-state index contributed by atoms with van der Waals surface area (Å²) in [4.78, 5) is 11.4. The van der Waals surface area contributed by atoms with Crippen LogP contribution in [0.25, 0.3) is 0 Å². The van der Waals surface area contributed by atoms with Gasteiger partial charge in [0, 0.05) is 5.69 Å². The molecule has 1 aromatic carbocycles. The third-order valence-corrected chi connectivity index (χ3v) is 3.83. The molecule has 0 aromatic heterocycles. The third kappa shape index (κ3) is 5.42. The van der Waals surface area contributed by atoms with Crippen molar-refractivity contribution in [1.29, 1.82) is 0 Å². The maximum absolute atomic E-state index is 12.6. The normalized spacial score (nSPS) is 11.2. The molecular formula is C10H10ClF3N2OS2. The van der Waals surface area contributed by atoms with Gasteiger partial charge in [-0.15, -0.1) is 0 Å². The van der Waals surface area contributed by atoms with Crippen LogP contribution < -0.4 is 10.6 Å². The first-order valence-electron chi connectivity index (χ1n) is 4.92. The van der Waals surface area contributed by atoms with Crippen molar-refractivity contribution in [2.45, 2.75) is 6.18 Å². The standard InChI is InChI=1S/C10H10ClF3N2OS2/c1-18-19-5-15-9(17)16-6-2-3-8(11)7(4-6)10(12,13)14/h2-4H,5H2,1H3,(H2,15,16,17). The van der Waals surface area contributed by atoms with Gasteiger partial charge in [0.15, 0.2) is 0 Å². The molecule has 0 spiro atoms. The van der Waals surface area contributed by atoms with E-state index in [-0.39, 0.29) is 5.69 Å². The predicted molar refractivity (Wildman–Crippen MR) is 74.6 cm³/mol. The van der Waals surface area contributed by atoms with Crippen LogP contribution in [0.1, 0.15) is 5.56 Å². The van der Waals surface area contributed by atoms with Crippen LogP contribution in [0.2, 0.25) is 5.02 Å². The van der Waals surface area contributed by atoms with Crippen molar-refractivity contribution in [1.82, 2.24) is 5.32 Å². The lowest BCUT2D eigenvalue weighted by molar-refractivity contribution is -0.137. The van der Waals surface area contributed by atoms with Crippen LogP contribution in [0, 0.1) is 0 Å². The Balaban J connectivity index is 2.72. The van der Waals surface area contributed by atoms with E-state index in [4.69, 9.17) is 11.6 Å². The summed E-state index contributed by atoms with van der Waals surface area (Å²) in [6, 6.07) is 2.62. The molecule has 2 N–H and O–H groups in total. The number of rotatable bonds is 4. The van der Waals surface area contributed by atoms with Gasteiger partial charge in [0.2, 0.25) is 0 Å². The van der Waals surface area contributed by atoms with Crippen LogP contribution in [0.5, 0.6) is 0 Å². The monoisotopic (exact) mass is 330 g/mol. The largest absolute Gasteiger partial charge is 0.417 e. The molecule has 0 aliphatic carbocycles. The van der Waals surface area contributed by atoms with E-state index in [0.717, 1.165) is 12.1 Å². The fraction of sp³-hybridized carbons (Fsp3) is 0.300. The van der Waals surface area contributed by atoms with Gasteiger partial charge in [0.25, 0.3) is 0 Å². The van der Waals surface area contributed by atoms with Gasteiger partial charge in [-0.25, -0.2) is 4.79 Å². The number of alkyl halides is 3. The molecule has 0 fully saturated rings. The molecule has 0 saturated carbocycles. The summed E-state index contributed by atoms with van der Waals surface area (Å²) in [7, 11) is 2.87. The third-order valence-electron chi connectivity index (χ3n) is 1.94. The van der Waals surface area contributed by atoms with Gasteiger partial charge in [-0.3, -0.25) is 0 Å².